The summed E-state index contributed by atoms with van der Waals surface area (Å²) < 4.78 is 1.47. The minimum absolute atomic E-state index is 0.151. The van der Waals surface area contributed by atoms with Crippen LogP contribution in [0.1, 0.15) is 12.5 Å². The molecule has 0 aliphatic heterocycles. The predicted molar refractivity (Wildman–Crippen MR) is 83.5 cm³/mol. The van der Waals surface area contributed by atoms with Crippen LogP contribution in [0.2, 0.25) is 0 Å². The van der Waals surface area contributed by atoms with E-state index in [4.69, 9.17) is 5.73 Å². The number of nitrogens with two attached hydrogens (primary N) is 1. The molecule has 1 heterocycles. The number of carbonyl (C=O) groups is 1. The van der Waals surface area contributed by atoms with Gasteiger partial charge < -0.3 is 11.1 Å². The van der Waals surface area contributed by atoms with E-state index in [1.165, 1.54) is 16.3 Å². The number of hydrogen-bond acceptors (Lipinski definition) is 5. The zero-order chi connectivity index (χ0) is 15.4. The van der Waals surface area contributed by atoms with E-state index in [2.05, 4.69) is 15.5 Å². The molecule has 7 nitrogen and oxygen atoms in total. The second-order valence-corrected chi connectivity index (χ2v) is 5.37. The van der Waals surface area contributed by atoms with Gasteiger partial charge in [0.05, 0.1) is 17.1 Å². The monoisotopic (exact) mass is 307 g/mol. The predicted octanol–water partition coefficient (Wildman–Crippen LogP) is 1.21. The molecule has 0 aliphatic carbocycles. The number of hydrogen-bond donors (Lipinski definition) is 3. The zero-order valence-electron chi connectivity index (χ0n) is 11.8. The summed E-state index contributed by atoms with van der Waals surface area (Å²) in [7, 11) is 0. The van der Waals surface area contributed by atoms with Gasteiger partial charge in [-0.1, -0.05) is 23.9 Å². The fourth-order valence-corrected chi connectivity index (χ4v) is 2.67. The normalized spacial score (nSPS) is 10.6. The minimum Gasteiger partial charge on any atom is -0.397 e. The maximum Gasteiger partial charge on any atom is 0.343 e. The van der Waals surface area contributed by atoms with Gasteiger partial charge in [-0.05, 0) is 25.5 Å². The van der Waals surface area contributed by atoms with E-state index in [-0.39, 0.29) is 17.3 Å². The van der Waals surface area contributed by atoms with Gasteiger partial charge in [-0.3, -0.25) is 9.36 Å². The highest BCUT2D eigenvalue weighted by molar-refractivity contribution is 7.99. The Morgan fingerprint density at radius 2 is 2.29 bits per heavy atom. The van der Waals surface area contributed by atoms with Gasteiger partial charge in [0.25, 0.3) is 0 Å². The van der Waals surface area contributed by atoms with Crippen molar-refractivity contribution in [2.45, 2.75) is 25.5 Å². The van der Waals surface area contributed by atoms with Gasteiger partial charge in [0.1, 0.15) is 0 Å². The third-order valence-electron chi connectivity index (χ3n) is 2.94. The molecule has 2 rings (SSSR count). The molecule has 0 saturated heterocycles. The molecule has 0 saturated carbocycles. The Bertz CT molecular complexity index is 687. The number of nitrogens with zero attached hydrogens (tertiary/aromatic N) is 2. The first-order chi connectivity index (χ1) is 10.0. The van der Waals surface area contributed by atoms with E-state index < -0.39 is 0 Å². The zero-order valence-corrected chi connectivity index (χ0v) is 12.7. The molecule has 0 bridgehead atoms. The molecule has 0 fully saturated rings. The number of nitrogens with one attached hydrogen (secondary N) is 2. The van der Waals surface area contributed by atoms with Crippen LogP contribution in [0.4, 0.5) is 11.4 Å². The lowest BCUT2D eigenvalue weighted by atomic mass is 10.1. The van der Waals surface area contributed by atoms with Gasteiger partial charge in [-0.15, -0.1) is 5.10 Å². The molecule has 0 atom stereocenters. The number of benzene rings is 1. The van der Waals surface area contributed by atoms with E-state index in [1.54, 1.807) is 6.07 Å². The number of aromatic amines is 1. The van der Waals surface area contributed by atoms with Crippen LogP contribution in [0.25, 0.3) is 0 Å². The first-order valence-corrected chi connectivity index (χ1v) is 7.44. The molecule has 1 aromatic heterocycles. The van der Waals surface area contributed by atoms with Crippen molar-refractivity contribution in [3.8, 4) is 0 Å². The fourth-order valence-electron chi connectivity index (χ4n) is 1.86. The Labute approximate surface area is 125 Å². The number of aryl methyl sites for hydroxylation is 1. The Hall–Kier alpha value is -2.22. The van der Waals surface area contributed by atoms with Crippen molar-refractivity contribution >= 4 is 29.0 Å². The van der Waals surface area contributed by atoms with Crippen LogP contribution < -0.4 is 16.7 Å². The molecular formula is C13H17N5O2S. The lowest BCUT2D eigenvalue weighted by molar-refractivity contribution is -0.113. The first-order valence-electron chi connectivity index (χ1n) is 6.46. The Morgan fingerprint density at radius 1 is 1.52 bits per heavy atom. The molecule has 0 radical (unpaired) electrons. The summed E-state index contributed by atoms with van der Waals surface area (Å²) in [6, 6.07) is 5.44. The number of carbonyl (C=O) groups excluding carboxylic acids is 1. The molecule has 1 amide bonds. The number of rotatable bonds is 5. The van der Waals surface area contributed by atoms with E-state index in [9.17, 15) is 9.59 Å². The van der Waals surface area contributed by atoms with Gasteiger partial charge in [0, 0.05) is 6.54 Å². The third kappa shape index (κ3) is 3.46. The number of thioether (sulfide) groups is 1. The van der Waals surface area contributed by atoms with E-state index >= 15 is 0 Å². The Morgan fingerprint density at radius 3 is 2.95 bits per heavy atom. The SMILES string of the molecule is CCn1c(SCC(=O)Nc2c(C)cccc2N)n[nH]c1=O. The molecule has 0 spiro atoms. The van der Waals surface area contributed by atoms with Gasteiger partial charge >= 0.3 is 5.69 Å². The van der Waals surface area contributed by atoms with Crippen LogP contribution in [0.15, 0.2) is 28.2 Å². The van der Waals surface area contributed by atoms with Crippen molar-refractivity contribution < 1.29 is 4.79 Å². The Kier molecular flexibility index (Phi) is 4.69. The molecule has 0 unspecified atom stereocenters. The summed E-state index contributed by atoms with van der Waals surface area (Å²) >= 11 is 1.20. The van der Waals surface area contributed by atoms with E-state index in [1.807, 2.05) is 26.0 Å². The summed E-state index contributed by atoms with van der Waals surface area (Å²) in [5.41, 5.74) is 7.62. The van der Waals surface area contributed by atoms with E-state index in [0.29, 0.717) is 23.1 Å². The molecule has 8 heteroatoms. The Balaban J connectivity index is 2.01. The quantitative estimate of drug-likeness (QED) is 0.569. The molecular weight excluding hydrogens is 290 g/mol. The van der Waals surface area contributed by atoms with Crippen molar-refractivity contribution in [3.05, 3.63) is 34.2 Å². The maximum absolute atomic E-state index is 12.0. The van der Waals surface area contributed by atoms with Gasteiger partial charge in [-0.25, -0.2) is 9.89 Å². The lowest BCUT2D eigenvalue weighted by Crippen LogP contribution is -2.18. The molecule has 21 heavy (non-hydrogen) atoms. The second-order valence-electron chi connectivity index (χ2n) is 4.43. The molecule has 4 N–H and O–H groups in total. The summed E-state index contributed by atoms with van der Waals surface area (Å²) in [4.78, 5) is 23.4. The van der Waals surface area contributed by atoms with Gasteiger partial charge in [-0.2, -0.15) is 0 Å². The van der Waals surface area contributed by atoms with Gasteiger partial charge in [0.2, 0.25) is 5.91 Å². The smallest absolute Gasteiger partial charge is 0.343 e. The molecule has 112 valence electrons. The number of amides is 1. The van der Waals surface area contributed by atoms with Crippen molar-refractivity contribution in [3.63, 3.8) is 0 Å². The van der Waals surface area contributed by atoms with Crippen molar-refractivity contribution in [1.29, 1.82) is 0 Å². The summed E-state index contributed by atoms with van der Waals surface area (Å²) in [6.45, 7) is 4.22. The summed E-state index contributed by atoms with van der Waals surface area (Å²) in [5, 5.41) is 9.53. The van der Waals surface area contributed by atoms with Crippen LogP contribution >= 0.6 is 11.8 Å². The standard InChI is InChI=1S/C13H17N5O2S/c1-3-18-12(20)16-17-13(18)21-7-10(19)15-11-8(2)5-4-6-9(11)14/h4-6H,3,7,14H2,1-2H3,(H,15,19)(H,16,20). The fraction of sp³-hybridized carbons (Fsp3) is 0.308. The molecule has 0 aliphatic rings. The highest BCUT2D eigenvalue weighted by Gasteiger charge is 2.12. The lowest BCUT2D eigenvalue weighted by Gasteiger charge is -2.10. The summed E-state index contributed by atoms with van der Waals surface area (Å²) in [5.74, 6) is -0.0444. The van der Waals surface area contributed by atoms with Gasteiger partial charge in [0.15, 0.2) is 5.16 Å². The first kappa shape index (κ1) is 15.2. The largest absolute Gasteiger partial charge is 0.397 e. The maximum atomic E-state index is 12.0. The summed E-state index contributed by atoms with van der Waals surface area (Å²) in [6.07, 6.45) is 0. The van der Waals surface area contributed by atoms with Crippen LogP contribution in [-0.2, 0) is 11.3 Å². The minimum atomic E-state index is -0.274. The third-order valence-corrected chi connectivity index (χ3v) is 3.92. The van der Waals surface area contributed by atoms with Crippen LogP contribution in [0.5, 0.6) is 0 Å². The molecule has 1 aromatic carbocycles. The van der Waals surface area contributed by atoms with Crippen molar-refractivity contribution in [2.24, 2.45) is 0 Å². The van der Waals surface area contributed by atoms with Crippen LogP contribution in [0.3, 0.4) is 0 Å². The highest BCUT2D eigenvalue weighted by Crippen LogP contribution is 2.23. The second kappa shape index (κ2) is 6.49. The van der Waals surface area contributed by atoms with Crippen LogP contribution in [0, 0.1) is 6.92 Å². The number of anilines is 2. The van der Waals surface area contributed by atoms with Crippen LogP contribution in [-0.4, -0.2) is 26.4 Å². The molecule has 2 aromatic rings. The number of H-pyrrole nitrogens is 1. The average molecular weight is 307 g/mol. The van der Waals surface area contributed by atoms with Crippen molar-refractivity contribution in [2.75, 3.05) is 16.8 Å². The van der Waals surface area contributed by atoms with Crippen molar-refractivity contribution in [1.82, 2.24) is 14.8 Å². The number of para-hydroxylation sites is 1. The average Bonchev–Trinajstić information content (AvgIpc) is 2.81. The number of nitrogen functional groups attached to an aromatic ring is 1. The topological polar surface area (TPSA) is 106 Å². The van der Waals surface area contributed by atoms with E-state index in [0.717, 1.165) is 5.56 Å². The number of aromatic nitrogens is 3. The highest BCUT2D eigenvalue weighted by atomic mass is 32.2.